The molecule has 0 radical (unpaired) electrons. The molecule has 98 valence electrons. The molecule has 1 aliphatic heterocycles. The SMILES string of the molecule is C[C@@H]1CN(CC(=O)c2cccc(Br)c2)C[C@H](C)O1. The largest absolute Gasteiger partial charge is 0.373 e. The molecule has 1 saturated heterocycles. The van der Waals surface area contributed by atoms with Gasteiger partial charge in [0.1, 0.15) is 0 Å². The van der Waals surface area contributed by atoms with Crippen LogP contribution in [0, 0.1) is 0 Å². The van der Waals surface area contributed by atoms with Crippen molar-refractivity contribution in [2.45, 2.75) is 26.1 Å². The first-order valence-electron chi connectivity index (χ1n) is 6.21. The summed E-state index contributed by atoms with van der Waals surface area (Å²) in [5.74, 6) is 0.164. The Balaban J connectivity index is 1.99. The molecule has 2 rings (SSSR count). The van der Waals surface area contributed by atoms with E-state index in [1.165, 1.54) is 0 Å². The molecule has 0 spiro atoms. The predicted molar refractivity (Wildman–Crippen MR) is 74.9 cm³/mol. The number of carbonyl (C=O) groups is 1. The maximum atomic E-state index is 12.2. The van der Waals surface area contributed by atoms with E-state index in [2.05, 4.69) is 20.8 Å². The van der Waals surface area contributed by atoms with E-state index in [0.29, 0.717) is 6.54 Å². The minimum Gasteiger partial charge on any atom is -0.373 e. The van der Waals surface area contributed by atoms with Crippen molar-refractivity contribution in [1.82, 2.24) is 4.90 Å². The number of halogens is 1. The molecule has 0 unspecified atom stereocenters. The van der Waals surface area contributed by atoms with Crippen LogP contribution >= 0.6 is 15.9 Å². The van der Waals surface area contributed by atoms with Crippen LogP contribution in [-0.4, -0.2) is 42.5 Å². The highest BCUT2D eigenvalue weighted by atomic mass is 79.9. The van der Waals surface area contributed by atoms with Crippen molar-refractivity contribution in [2.24, 2.45) is 0 Å². The maximum absolute atomic E-state index is 12.2. The van der Waals surface area contributed by atoms with E-state index >= 15 is 0 Å². The summed E-state index contributed by atoms with van der Waals surface area (Å²) in [6.45, 7) is 6.21. The van der Waals surface area contributed by atoms with E-state index in [1.807, 2.05) is 38.1 Å². The Bertz CT molecular complexity index is 426. The maximum Gasteiger partial charge on any atom is 0.176 e. The molecule has 0 aromatic heterocycles. The van der Waals surface area contributed by atoms with Crippen molar-refractivity contribution in [3.05, 3.63) is 34.3 Å². The molecule has 2 atom stereocenters. The Labute approximate surface area is 116 Å². The van der Waals surface area contributed by atoms with Crippen molar-refractivity contribution in [2.75, 3.05) is 19.6 Å². The summed E-state index contributed by atoms with van der Waals surface area (Å²) in [6.07, 6.45) is 0.396. The highest BCUT2D eigenvalue weighted by Crippen LogP contribution is 2.14. The number of hydrogen-bond acceptors (Lipinski definition) is 3. The molecule has 3 nitrogen and oxygen atoms in total. The third kappa shape index (κ3) is 3.64. The normalized spacial score (nSPS) is 25.1. The lowest BCUT2D eigenvalue weighted by molar-refractivity contribution is -0.0652. The van der Waals surface area contributed by atoms with Gasteiger partial charge in [-0.2, -0.15) is 0 Å². The van der Waals surface area contributed by atoms with Gasteiger partial charge in [-0.1, -0.05) is 28.1 Å². The molecular weight excluding hydrogens is 294 g/mol. The third-order valence-electron chi connectivity index (χ3n) is 3.01. The summed E-state index contributed by atoms with van der Waals surface area (Å²) in [5.41, 5.74) is 0.760. The van der Waals surface area contributed by atoms with E-state index in [0.717, 1.165) is 23.1 Å². The first kappa shape index (κ1) is 13.7. The highest BCUT2D eigenvalue weighted by molar-refractivity contribution is 9.10. The fourth-order valence-corrected chi connectivity index (χ4v) is 2.77. The summed E-state index contributed by atoms with van der Waals surface area (Å²) in [7, 11) is 0. The van der Waals surface area contributed by atoms with Crippen molar-refractivity contribution in [3.63, 3.8) is 0 Å². The smallest absolute Gasteiger partial charge is 0.176 e. The van der Waals surface area contributed by atoms with Gasteiger partial charge < -0.3 is 4.74 Å². The number of hydrogen-bond donors (Lipinski definition) is 0. The minimum atomic E-state index is 0.164. The molecule has 18 heavy (non-hydrogen) atoms. The lowest BCUT2D eigenvalue weighted by Gasteiger charge is -2.34. The Morgan fingerprint density at radius 1 is 1.39 bits per heavy atom. The van der Waals surface area contributed by atoms with Crippen molar-refractivity contribution >= 4 is 21.7 Å². The number of carbonyl (C=O) groups excluding carboxylic acids is 1. The molecule has 0 N–H and O–H groups in total. The van der Waals surface area contributed by atoms with Crippen LogP contribution in [0.5, 0.6) is 0 Å². The Hall–Kier alpha value is -0.710. The van der Waals surface area contributed by atoms with Gasteiger partial charge in [0.2, 0.25) is 0 Å². The molecule has 1 aromatic carbocycles. The quantitative estimate of drug-likeness (QED) is 0.804. The van der Waals surface area contributed by atoms with E-state index in [4.69, 9.17) is 4.74 Å². The molecule has 0 saturated carbocycles. The second-order valence-corrected chi connectivity index (χ2v) is 5.80. The van der Waals surface area contributed by atoms with Gasteiger partial charge in [0, 0.05) is 23.1 Å². The van der Waals surface area contributed by atoms with Crippen LogP contribution in [-0.2, 0) is 4.74 Å². The number of rotatable bonds is 3. The van der Waals surface area contributed by atoms with Gasteiger partial charge in [-0.15, -0.1) is 0 Å². The van der Waals surface area contributed by atoms with Gasteiger partial charge in [0.25, 0.3) is 0 Å². The van der Waals surface area contributed by atoms with Crippen LogP contribution < -0.4 is 0 Å². The summed E-state index contributed by atoms with van der Waals surface area (Å²) < 4.78 is 6.60. The van der Waals surface area contributed by atoms with Gasteiger partial charge >= 0.3 is 0 Å². The average molecular weight is 312 g/mol. The Morgan fingerprint density at radius 2 is 2.06 bits per heavy atom. The van der Waals surface area contributed by atoms with Gasteiger partial charge in [-0.3, -0.25) is 9.69 Å². The fourth-order valence-electron chi connectivity index (χ4n) is 2.37. The zero-order chi connectivity index (χ0) is 13.1. The van der Waals surface area contributed by atoms with Crippen LogP contribution in [0.15, 0.2) is 28.7 Å². The summed E-state index contributed by atoms with van der Waals surface area (Å²) in [4.78, 5) is 14.3. The highest BCUT2D eigenvalue weighted by Gasteiger charge is 2.23. The number of benzene rings is 1. The van der Waals surface area contributed by atoms with Crippen molar-refractivity contribution < 1.29 is 9.53 Å². The molecule has 0 amide bonds. The van der Waals surface area contributed by atoms with Gasteiger partial charge in [0.15, 0.2) is 5.78 Å². The van der Waals surface area contributed by atoms with Crippen LogP contribution in [0.4, 0.5) is 0 Å². The standard InChI is InChI=1S/C14H18BrNO2/c1-10-7-16(8-11(2)18-10)9-14(17)12-4-3-5-13(15)6-12/h3-6,10-11H,7-9H2,1-2H3/t10-,11+. The topological polar surface area (TPSA) is 29.5 Å². The van der Waals surface area contributed by atoms with E-state index in [9.17, 15) is 4.79 Å². The van der Waals surface area contributed by atoms with Crippen LogP contribution in [0.1, 0.15) is 24.2 Å². The first-order valence-corrected chi connectivity index (χ1v) is 7.00. The van der Waals surface area contributed by atoms with E-state index < -0.39 is 0 Å². The van der Waals surface area contributed by atoms with Crippen molar-refractivity contribution in [3.8, 4) is 0 Å². The molecule has 1 heterocycles. The first-order chi connectivity index (χ1) is 8.54. The van der Waals surface area contributed by atoms with Gasteiger partial charge in [-0.25, -0.2) is 0 Å². The molecule has 0 aliphatic carbocycles. The summed E-state index contributed by atoms with van der Waals surface area (Å²) >= 11 is 3.39. The van der Waals surface area contributed by atoms with Crippen LogP contribution in [0.3, 0.4) is 0 Å². The Kier molecular flexibility index (Phi) is 4.54. The average Bonchev–Trinajstić information content (AvgIpc) is 2.27. The monoisotopic (exact) mass is 311 g/mol. The lowest BCUT2D eigenvalue weighted by atomic mass is 10.1. The van der Waals surface area contributed by atoms with E-state index in [-0.39, 0.29) is 18.0 Å². The zero-order valence-electron chi connectivity index (χ0n) is 10.7. The predicted octanol–water partition coefficient (Wildman–Crippen LogP) is 2.74. The Morgan fingerprint density at radius 3 is 2.67 bits per heavy atom. The van der Waals surface area contributed by atoms with Gasteiger partial charge in [0.05, 0.1) is 18.8 Å². The lowest BCUT2D eigenvalue weighted by Crippen LogP contribution is -2.47. The third-order valence-corrected chi connectivity index (χ3v) is 3.50. The van der Waals surface area contributed by atoms with E-state index in [1.54, 1.807) is 0 Å². The molecule has 4 heteroatoms. The second-order valence-electron chi connectivity index (χ2n) is 4.88. The number of morpholine rings is 1. The number of ether oxygens (including phenoxy) is 1. The molecule has 0 bridgehead atoms. The van der Waals surface area contributed by atoms with Gasteiger partial charge in [-0.05, 0) is 26.0 Å². The number of Topliss-reactive ketones (excluding diaryl/α,β-unsaturated/α-hetero) is 1. The second kappa shape index (κ2) is 5.95. The minimum absolute atomic E-state index is 0.164. The van der Waals surface area contributed by atoms with Crippen LogP contribution in [0.2, 0.25) is 0 Å². The molecule has 1 aromatic rings. The fraction of sp³-hybridized carbons (Fsp3) is 0.500. The van der Waals surface area contributed by atoms with Crippen LogP contribution in [0.25, 0.3) is 0 Å². The molecular formula is C14H18BrNO2. The molecule has 1 aliphatic rings. The number of nitrogens with zero attached hydrogens (tertiary/aromatic N) is 1. The number of ketones is 1. The summed E-state index contributed by atoms with van der Waals surface area (Å²) in [6, 6.07) is 7.55. The molecule has 1 fully saturated rings. The zero-order valence-corrected chi connectivity index (χ0v) is 12.3. The van der Waals surface area contributed by atoms with Crippen molar-refractivity contribution in [1.29, 1.82) is 0 Å². The summed E-state index contributed by atoms with van der Waals surface area (Å²) in [5, 5.41) is 0.